The van der Waals surface area contributed by atoms with Crippen molar-refractivity contribution in [2.24, 2.45) is 0 Å². The molecule has 2 aromatic rings. The van der Waals surface area contributed by atoms with Crippen LogP contribution in [0.4, 0.5) is 9.18 Å². The summed E-state index contributed by atoms with van der Waals surface area (Å²) in [7, 11) is 1.47. The van der Waals surface area contributed by atoms with Gasteiger partial charge in [-0.25, -0.2) is 9.18 Å². The number of hydrogen-bond donors (Lipinski definition) is 0. The van der Waals surface area contributed by atoms with E-state index in [1.54, 1.807) is 45.9 Å². The maximum Gasteiger partial charge on any atom is 0.435 e. The predicted molar refractivity (Wildman–Crippen MR) is 80.5 cm³/mol. The van der Waals surface area contributed by atoms with Crippen LogP contribution in [0.25, 0.3) is 11.3 Å². The maximum atomic E-state index is 14.1. The van der Waals surface area contributed by atoms with Crippen molar-refractivity contribution < 1.29 is 18.7 Å². The molecule has 118 valence electrons. The highest BCUT2D eigenvalue weighted by Gasteiger charge is 2.21. The number of carbonyl (C=O) groups excluding carboxylic acids is 1. The van der Waals surface area contributed by atoms with Crippen LogP contribution in [0.2, 0.25) is 0 Å². The highest BCUT2D eigenvalue weighted by Crippen LogP contribution is 2.26. The zero-order valence-corrected chi connectivity index (χ0v) is 13.3. The summed E-state index contributed by atoms with van der Waals surface area (Å²) in [5.74, 6) is -0.0438. The smallest absolute Gasteiger partial charge is 0.435 e. The summed E-state index contributed by atoms with van der Waals surface area (Å²) in [5, 5.41) is 4.14. The van der Waals surface area contributed by atoms with Gasteiger partial charge >= 0.3 is 6.09 Å². The van der Waals surface area contributed by atoms with E-state index in [0.29, 0.717) is 22.7 Å². The first-order valence-corrected chi connectivity index (χ1v) is 6.85. The minimum Gasteiger partial charge on any atom is -0.497 e. The summed E-state index contributed by atoms with van der Waals surface area (Å²) >= 11 is 0. The van der Waals surface area contributed by atoms with Crippen LogP contribution in [0.1, 0.15) is 26.5 Å². The van der Waals surface area contributed by atoms with Crippen molar-refractivity contribution in [2.45, 2.75) is 33.3 Å². The largest absolute Gasteiger partial charge is 0.497 e. The Hall–Kier alpha value is -2.37. The number of aryl methyl sites for hydroxylation is 1. The van der Waals surface area contributed by atoms with Crippen molar-refractivity contribution in [2.75, 3.05) is 7.11 Å². The van der Waals surface area contributed by atoms with E-state index >= 15 is 0 Å². The first-order valence-electron chi connectivity index (χ1n) is 6.85. The molecule has 1 aromatic carbocycles. The second-order valence-corrected chi connectivity index (χ2v) is 5.91. The van der Waals surface area contributed by atoms with E-state index in [2.05, 4.69) is 5.10 Å². The van der Waals surface area contributed by atoms with Gasteiger partial charge in [0.1, 0.15) is 17.2 Å². The Bertz CT molecular complexity index is 702. The van der Waals surface area contributed by atoms with E-state index in [1.165, 1.54) is 13.2 Å². The van der Waals surface area contributed by atoms with Gasteiger partial charge in [-0.15, -0.1) is 0 Å². The lowest BCUT2D eigenvalue weighted by molar-refractivity contribution is 0.0511. The summed E-state index contributed by atoms with van der Waals surface area (Å²) in [6.07, 6.45) is -0.592. The molecule has 0 radical (unpaired) electrons. The van der Waals surface area contributed by atoms with E-state index in [9.17, 15) is 9.18 Å². The Balaban J connectivity index is 2.36. The van der Waals surface area contributed by atoms with Gasteiger partial charge in [0.25, 0.3) is 0 Å². The number of rotatable bonds is 2. The van der Waals surface area contributed by atoms with E-state index in [4.69, 9.17) is 9.47 Å². The van der Waals surface area contributed by atoms with Crippen LogP contribution < -0.4 is 4.74 Å². The molecule has 6 heteroatoms. The monoisotopic (exact) mass is 306 g/mol. The van der Waals surface area contributed by atoms with Gasteiger partial charge in [0.2, 0.25) is 0 Å². The second kappa shape index (κ2) is 5.79. The van der Waals surface area contributed by atoms with E-state index in [0.717, 1.165) is 4.68 Å². The molecule has 0 aliphatic heterocycles. The molecule has 0 amide bonds. The lowest BCUT2D eigenvalue weighted by atomic mass is 10.1. The Labute approximate surface area is 128 Å². The van der Waals surface area contributed by atoms with Crippen LogP contribution in [0.3, 0.4) is 0 Å². The molecule has 0 bridgehead atoms. The lowest BCUT2D eigenvalue weighted by Crippen LogP contribution is -2.28. The number of benzene rings is 1. The second-order valence-electron chi connectivity index (χ2n) is 5.91. The van der Waals surface area contributed by atoms with Crippen molar-refractivity contribution in [3.8, 4) is 17.0 Å². The van der Waals surface area contributed by atoms with Crippen molar-refractivity contribution in [1.29, 1.82) is 0 Å². The van der Waals surface area contributed by atoms with Crippen LogP contribution in [0, 0.1) is 12.7 Å². The van der Waals surface area contributed by atoms with Crippen molar-refractivity contribution in [3.05, 3.63) is 35.8 Å². The number of ether oxygens (including phenoxy) is 2. The Morgan fingerprint density at radius 1 is 1.27 bits per heavy atom. The standard InChI is InChI=1S/C16H19FN2O3/c1-10-8-14(12-7-6-11(21-5)9-13(12)17)18-19(10)15(20)22-16(2,3)4/h6-9H,1-5H3. The predicted octanol–water partition coefficient (Wildman–Crippen LogP) is 3.79. The first-order chi connectivity index (χ1) is 10.2. The van der Waals surface area contributed by atoms with Gasteiger partial charge in [-0.2, -0.15) is 9.78 Å². The summed E-state index contributed by atoms with van der Waals surface area (Å²) in [6, 6.07) is 6.11. The summed E-state index contributed by atoms with van der Waals surface area (Å²) in [5.41, 5.74) is 0.607. The van der Waals surface area contributed by atoms with Crippen LogP contribution >= 0.6 is 0 Å². The SMILES string of the molecule is COc1ccc(-c2cc(C)n(C(=O)OC(C)(C)C)n2)c(F)c1. The van der Waals surface area contributed by atoms with Gasteiger partial charge < -0.3 is 9.47 Å². The zero-order chi connectivity index (χ0) is 16.5. The van der Waals surface area contributed by atoms with Crippen molar-refractivity contribution in [1.82, 2.24) is 9.78 Å². The summed E-state index contributed by atoms with van der Waals surface area (Å²) in [4.78, 5) is 12.1. The molecule has 0 unspecified atom stereocenters. The molecule has 5 nitrogen and oxygen atoms in total. The lowest BCUT2D eigenvalue weighted by Gasteiger charge is -2.19. The molecule has 0 aliphatic rings. The third-order valence-corrected chi connectivity index (χ3v) is 2.91. The number of carbonyl (C=O) groups is 1. The average molecular weight is 306 g/mol. The minimum atomic E-state index is -0.624. The van der Waals surface area contributed by atoms with Crippen LogP contribution in [-0.4, -0.2) is 28.6 Å². The molecule has 0 saturated carbocycles. The van der Waals surface area contributed by atoms with Crippen LogP contribution in [0.5, 0.6) is 5.75 Å². The molecule has 22 heavy (non-hydrogen) atoms. The first kappa shape index (κ1) is 16.0. The molecule has 0 atom stereocenters. The van der Waals surface area contributed by atoms with Crippen LogP contribution in [0.15, 0.2) is 24.3 Å². The fraction of sp³-hybridized carbons (Fsp3) is 0.375. The normalized spacial score (nSPS) is 11.4. The number of halogens is 1. The number of methoxy groups -OCH3 is 1. The van der Waals surface area contributed by atoms with Crippen molar-refractivity contribution >= 4 is 6.09 Å². The number of hydrogen-bond acceptors (Lipinski definition) is 4. The summed E-state index contributed by atoms with van der Waals surface area (Å²) < 4.78 is 25.5. The molecular formula is C16H19FN2O3. The van der Waals surface area contributed by atoms with Gasteiger partial charge in [0, 0.05) is 17.3 Å². The van der Waals surface area contributed by atoms with Gasteiger partial charge in [-0.05, 0) is 45.9 Å². The molecular weight excluding hydrogens is 287 g/mol. The van der Waals surface area contributed by atoms with E-state index < -0.39 is 17.5 Å². The highest BCUT2D eigenvalue weighted by molar-refractivity contribution is 5.73. The molecule has 0 spiro atoms. The maximum absolute atomic E-state index is 14.1. The van der Waals surface area contributed by atoms with E-state index in [-0.39, 0.29) is 0 Å². The van der Waals surface area contributed by atoms with Gasteiger partial charge in [0.05, 0.1) is 12.8 Å². The molecule has 0 N–H and O–H groups in total. The molecule has 1 aromatic heterocycles. The molecule has 0 fully saturated rings. The number of nitrogens with zero attached hydrogens (tertiary/aromatic N) is 2. The van der Waals surface area contributed by atoms with Crippen LogP contribution in [-0.2, 0) is 4.74 Å². The zero-order valence-electron chi connectivity index (χ0n) is 13.3. The average Bonchev–Trinajstić information content (AvgIpc) is 2.78. The quantitative estimate of drug-likeness (QED) is 0.847. The van der Waals surface area contributed by atoms with Gasteiger partial charge in [0.15, 0.2) is 0 Å². The topological polar surface area (TPSA) is 53.4 Å². The Morgan fingerprint density at radius 2 is 1.95 bits per heavy atom. The van der Waals surface area contributed by atoms with Gasteiger partial charge in [-0.1, -0.05) is 0 Å². The molecule has 1 heterocycles. The number of aromatic nitrogens is 2. The van der Waals surface area contributed by atoms with Crippen molar-refractivity contribution in [3.63, 3.8) is 0 Å². The molecule has 0 aliphatic carbocycles. The summed E-state index contributed by atoms with van der Waals surface area (Å²) in [6.45, 7) is 7.03. The highest BCUT2D eigenvalue weighted by atomic mass is 19.1. The Morgan fingerprint density at radius 3 is 2.50 bits per heavy atom. The Kier molecular flexibility index (Phi) is 4.21. The van der Waals surface area contributed by atoms with Gasteiger partial charge in [-0.3, -0.25) is 0 Å². The fourth-order valence-corrected chi connectivity index (χ4v) is 1.93. The third kappa shape index (κ3) is 3.44. The van der Waals surface area contributed by atoms with E-state index in [1.807, 2.05) is 0 Å². The molecule has 0 saturated heterocycles. The minimum absolute atomic E-state index is 0.297. The molecule has 2 rings (SSSR count). The fourth-order valence-electron chi connectivity index (χ4n) is 1.93. The third-order valence-electron chi connectivity index (χ3n) is 2.91.